The summed E-state index contributed by atoms with van der Waals surface area (Å²) < 4.78 is 38.2. The lowest BCUT2D eigenvalue weighted by Crippen LogP contribution is -2.41. The molecule has 0 N–H and O–H groups in total. The van der Waals surface area contributed by atoms with E-state index in [9.17, 15) is 18.4 Å². The number of carbonyl (C=O) groups excluding carboxylic acids is 2. The molecule has 0 aromatic heterocycles. The second kappa shape index (κ2) is 9.22. The quantitative estimate of drug-likeness (QED) is 0.664. The molecule has 0 radical (unpaired) electrons. The van der Waals surface area contributed by atoms with Gasteiger partial charge in [0.05, 0.1) is 13.7 Å². The molecule has 1 fully saturated rings. The molecule has 1 amide bonds. The zero-order chi connectivity index (χ0) is 21.0. The van der Waals surface area contributed by atoms with Gasteiger partial charge in [0.1, 0.15) is 18.0 Å². The Hall–Kier alpha value is -2.67. The van der Waals surface area contributed by atoms with E-state index in [1.165, 1.54) is 42.3 Å². The summed E-state index contributed by atoms with van der Waals surface area (Å²) in [6.07, 6.45) is -0.349. The van der Waals surface area contributed by atoms with Crippen LogP contribution in [0.2, 0.25) is 5.02 Å². The number of hydrogen-bond donors (Lipinski definition) is 0. The Kier molecular flexibility index (Phi) is 6.69. The fourth-order valence-electron chi connectivity index (χ4n) is 3.38. The van der Waals surface area contributed by atoms with Gasteiger partial charge in [-0.15, -0.1) is 0 Å². The summed E-state index contributed by atoms with van der Waals surface area (Å²) in [5.74, 6) is -1.91. The molecule has 0 bridgehead atoms. The largest absolute Gasteiger partial charge is 0.485 e. The maximum Gasteiger partial charge on any atom is 0.328 e. The third-order valence-corrected chi connectivity index (χ3v) is 5.19. The summed E-state index contributed by atoms with van der Waals surface area (Å²) in [7, 11) is 1.23. The highest BCUT2D eigenvalue weighted by atomic mass is 35.5. The van der Waals surface area contributed by atoms with Crippen LogP contribution in [-0.4, -0.2) is 42.6 Å². The lowest BCUT2D eigenvalue weighted by atomic mass is 10.1. The summed E-state index contributed by atoms with van der Waals surface area (Å²) in [5, 5.41) is 0.240. The molecule has 1 aliphatic rings. The van der Waals surface area contributed by atoms with Crippen LogP contribution >= 0.6 is 11.6 Å². The molecular formula is C21H20ClF2NO4. The van der Waals surface area contributed by atoms with E-state index in [0.29, 0.717) is 0 Å². The number of halogens is 3. The van der Waals surface area contributed by atoms with E-state index in [-0.39, 0.29) is 48.0 Å². The molecule has 0 saturated carbocycles. The van der Waals surface area contributed by atoms with E-state index in [1.807, 2.05) is 0 Å². The van der Waals surface area contributed by atoms with Gasteiger partial charge in [-0.1, -0.05) is 29.8 Å². The SMILES string of the molecule is COC(=O)C1CC(Oc2ccccc2F)CN1C(=O)CCc1c(F)cccc1Cl. The number of likely N-dealkylation sites (tertiary alicyclic amines) is 1. The number of hydrogen-bond acceptors (Lipinski definition) is 4. The van der Waals surface area contributed by atoms with E-state index >= 15 is 0 Å². The van der Waals surface area contributed by atoms with Crippen LogP contribution in [0, 0.1) is 11.6 Å². The Bertz CT molecular complexity index is 888. The molecule has 29 heavy (non-hydrogen) atoms. The van der Waals surface area contributed by atoms with Gasteiger partial charge in [0.25, 0.3) is 0 Å². The molecule has 2 aromatic rings. The van der Waals surface area contributed by atoms with Gasteiger partial charge in [-0.25, -0.2) is 13.6 Å². The lowest BCUT2D eigenvalue weighted by molar-refractivity contribution is -0.150. The average molecular weight is 424 g/mol. The Morgan fingerprint density at radius 3 is 2.55 bits per heavy atom. The molecular weight excluding hydrogens is 404 g/mol. The van der Waals surface area contributed by atoms with Crippen LogP contribution in [0.15, 0.2) is 42.5 Å². The molecule has 2 atom stereocenters. The van der Waals surface area contributed by atoms with Crippen molar-refractivity contribution in [2.45, 2.75) is 31.4 Å². The minimum atomic E-state index is -0.847. The van der Waals surface area contributed by atoms with Crippen molar-refractivity contribution >= 4 is 23.5 Å². The fraction of sp³-hybridized carbons (Fsp3) is 0.333. The van der Waals surface area contributed by atoms with Gasteiger partial charge in [0, 0.05) is 23.4 Å². The second-order valence-corrected chi connectivity index (χ2v) is 7.10. The van der Waals surface area contributed by atoms with Crippen molar-refractivity contribution in [2.75, 3.05) is 13.7 Å². The maximum atomic E-state index is 13.9. The van der Waals surface area contributed by atoms with Crippen molar-refractivity contribution in [2.24, 2.45) is 0 Å². The molecule has 0 aliphatic carbocycles. The molecule has 5 nitrogen and oxygen atoms in total. The van der Waals surface area contributed by atoms with Crippen molar-refractivity contribution in [3.05, 3.63) is 64.7 Å². The zero-order valence-corrected chi connectivity index (χ0v) is 16.5. The van der Waals surface area contributed by atoms with Crippen LogP contribution in [0.1, 0.15) is 18.4 Å². The molecule has 3 rings (SSSR count). The van der Waals surface area contributed by atoms with Crippen LogP contribution in [0.4, 0.5) is 8.78 Å². The first kappa shape index (κ1) is 21.0. The summed E-state index contributed by atoms with van der Waals surface area (Å²) in [4.78, 5) is 26.2. The normalized spacial score (nSPS) is 18.6. The topological polar surface area (TPSA) is 55.8 Å². The van der Waals surface area contributed by atoms with Gasteiger partial charge in [-0.05, 0) is 30.7 Å². The van der Waals surface area contributed by atoms with E-state index in [4.69, 9.17) is 21.1 Å². The summed E-state index contributed by atoms with van der Waals surface area (Å²) in [5.41, 5.74) is 0.246. The van der Waals surface area contributed by atoms with Crippen LogP contribution in [0.25, 0.3) is 0 Å². The highest BCUT2D eigenvalue weighted by molar-refractivity contribution is 6.31. The van der Waals surface area contributed by atoms with Crippen LogP contribution in [0.5, 0.6) is 5.75 Å². The number of ether oxygens (including phenoxy) is 2. The minimum absolute atomic E-state index is 0.0411. The Morgan fingerprint density at radius 2 is 1.86 bits per heavy atom. The van der Waals surface area contributed by atoms with Gasteiger partial charge in [0.15, 0.2) is 11.6 Å². The highest BCUT2D eigenvalue weighted by Gasteiger charge is 2.41. The predicted molar refractivity (Wildman–Crippen MR) is 103 cm³/mol. The average Bonchev–Trinajstić information content (AvgIpc) is 3.12. The van der Waals surface area contributed by atoms with Gasteiger partial charge in [0.2, 0.25) is 5.91 Å². The summed E-state index contributed by atoms with van der Waals surface area (Å²) >= 11 is 6.01. The van der Waals surface area contributed by atoms with Gasteiger partial charge in [-0.2, -0.15) is 0 Å². The number of nitrogens with zero attached hydrogens (tertiary/aromatic N) is 1. The van der Waals surface area contributed by atoms with E-state index in [2.05, 4.69) is 0 Å². The second-order valence-electron chi connectivity index (χ2n) is 6.69. The molecule has 2 aromatic carbocycles. The monoisotopic (exact) mass is 423 g/mol. The molecule has 1 heterocycles. The minimum Gasteiger partial charge on any atom is -0.485 e. The van der Waals surface area contributed by atoms with Crippen molar-refractivity contribution in [3.63, 3.8) is 0 Å². The molecule has 2 unspecified atom stereocenters. The third-order valence-electron chi connectivity index (χ3n) is 4.84. The number of benzene rings is 2. The number of rotatable bonds is 6. The lowest BCUT2D eigenvalue weighted by Gasteiger charge is -2.22. The Morgan fingerprint density at radius 1 is 1.14 bits per heavy atom. The number of amides is 1. The predicted octanol–water partition coefficient (Wildman–Crippen LogP) is 3.77. The van der Waals surface area contributed by atoms with E-state index in [1.54, 1.807) is 12.1 Å². The fourth-order valence-corrected chi connectivity index (χ4v) is 3.64. The maximum absolute atomic E-state index is 13.9. The summed E-state index contributed by atoms with van der Waals surface area (Å²) in [6.45, 7) is 0.0952. The van der Waals surface area contributed by atoms with Crippen molar-refractivity contribution in [1.82, 2.24) is 4.90 Å². The molecule has 8 heteroatoms. The van der Waals surface area contributed by atoms with Crippen molar-refractivity contribution in [1.29, 1.82) is 0 Å². The number of para-hydroxylation sites is 1. The van der Waals surface area contributed by atoms with Gasteiger partial charge in [-0.3, -0.25) is 4.79 Å². The van der Waals surface area contributed by atoms with Crippen molar-refractivity contribution in [3.8, 4) is 5.75 Å². The van der Waals surface area contributed by atoms with Crippen LogP contribution in [-0.2, 0) is 20.7 Å². The Balaban J connectivity index is 1.70. The summed E-state index contributed by atoms with van der Waals surface area (Å²) in [6, 6.07) is 9.38. The molecule has 154 valence electrons. The first-order chi connectivity index (χ1) is 13.9. The van der Waals surface area contributed by atoms with E-state index in [0.717, 1.165) is 0 Å². The third kappa shape index (κ3) is 4.85. The smallest absolute Gasteiger partial charge is 0.328 e. The van der Waals surface area contributed by atoms with Gasteiger partial charge >= 0.3 is 5.97 Å². The van der Waals surface area contributed by atoms with Crippen molar-refractivity contribution < 1.29 is 27.8 Å². The molecule has 0 spiro atoms. The first-order valence-corrected chi connectivity index (χ1v) is 9.50. The number of methoxy groups -OCH3 is 1. The molecule has 1 aliphatic heterocycles. The van der Waals surface area contributed by atoms with Gasteiger partial charge < -0.3 is 14.4 Å². The molecule has 1 saturated heterocycles. The number of carbonyl (C=O) groups is 2. The standard InChI is InChI=1S/C21H20ClF2NO4/c1-28-21(27)18-11-13(29-19-8-3-2-6-17(19)24)12-25(18)20(26)10-9-14-15(22)5-4-7-16(14)23/h2-8,13,18H,9-12H2,1H3. The van der Waals surface area contributed by atoms with Crippen LogP contribution in [0.3, 0.4) is 0 Å². The highest BCUT2D eigenvalue weighted by Crippen LogP contribution is 2.27. The zero-order valence-electron chi connectivity index (χ0n) is 15.7. The first-order valence-electron chi connectivity index (χ1n) is 9.12. The van der Waals surface area contributed by atoms with Crippen LogP contribution < -0.4 is 4.74 Å². The van der Waals surface area contributed by atoms with E-state index < -0.39 is 29.7 Å². The number of esters is 1. The Labute approximate surface area is 172 Å².